The summed E-state index contributed by atoms with van der Waals surface area (Å²) in [6.45, 7) is 10.1. The zero-order valence-corrected chi connectivity index (χ0v) is 20.8. The largest absolute Gasteiger partial charge is 0.494 e. The molecule has 1 fully saturated rings. The maximum Gasteiger partial charge on any atom is 0.251 e. The van der Waals surface area contributed by atoms with Gasteiger partial charge in [0.05, 0.1) is 21.8 Å². The number of aryl methyl sites for hydroxylation is 1. The van der Waals surface area contributed by atoms with Gasteiger partial charge < -0.3 is 15.0 Å². The number of halogens is 1. The quantitative estimate of drug-likeness (QED) is 0.432. The predicted molar refractivity (Wildman–Crippen MR) is 137 cm³/mol. The first-order valence-electron chi connectivity index (χ1n) is 11.6. The predicted octanol–water partition coefficient (Wildman–Crippen LogP) is 4.99. The molecule has 3 aromatic rings. The van der Waals surface area contributed by atoms with Gasteiger partial charge in [0, 0.05) is 44.8 Å². The van der Waals surface area contributed by atoms with E-state index in [1.807, 2.05) is 36.4 Å². The topological polar surface area (TPSA) is 57.7 Å². The zero-order chi connectivity index (χ0) is 23.2. The summed E-state index contributed by atoms with van der Waals surface area (Å²) in [5.41, 5.74) is 2.82. The monoisotopic (exact) mass is 486 g/mol. The standard InChI is InChI=1S/C25H31ClN4O2S/c1-3-4-17-32-20-8-6-19(7-9-20)24(31)27-11-12-29-13-15-30(16-14-29)25-28-22-18(2)5-10-21(26)23(22)33-25/h5-10H,3-4,11-17H2,1-2H3,(H,27,31). The number of benzene rings is 2. The first kappa shape index (κ1) is 23.8. The van der Waals surface area contributed by atoms with E-state index < -0.39 is 0 Å². The maximum absolute atomic E-state index is 12.4. The molecule has 0 aliphatic carbocycles. The van der Waals surface area contributed by atoms with E-state index in [1.165, 1.54) is 0 Å². The molecule has 176 valence electrons. The molecule has 33 heavy (non-hydrogen) atoms. The molecule has 0 saturated carbocycles. The van der Waals surface area contributed by atoms with Crippen LogP contribution >= 0.6 is 22.9 Å². The summed E-state index contributed by atoms with van der Waals surface area (Å²) in [6, 6.07) is 11.3. The average Bonchev–Trinajstić information content (AvgIpc) is 3.29. The highest BCUT2D eigenvalue weighted by molar-refractivity contribution is 7.22. The summed E-state index contributed by atoms with van der Waals surface area (Å²) in [5.74, 6) is 0.763. The number of fused-ring (bicyclic) bond motifs is 1. The number of anilines is 1. The average molecular weight is 487 g/mol. The van der Waals surface area contributed by atoms with E-state index in [0.717, 1.165) is 77.2 Å². The number of hydrogen-bond acceptors (Lipinski definition) is 6. The highest BCUT2D eigenvalue weighted by Crippen LogP contribution is 2.35. The van der Waals surface area contributed by atoms with E-state index >= 15 is 0 Å². The van der Waals surface area contributed by atoms with Gasteiger partial charge >= 0.3 is 0 Å². The Balaban J connectivity index is 1.21. The van der Waals surface area contributed by atoms with Gasteiger partial charge in [-0.1, -0.05) is 42.3 Å². The number of nitrogens with one attached hydrogen (secondary N) is 1. The smallest absolute Gasteiger partial charge is 0.251 e. The van der Waals surface area contributed by atoms with Gasteiger partial charge in [-0.2, -0.15) is 0 Å². The minimum atomic E-state index is -0.0459. The fourth-order valence-electron chi connectivity index (χ4n) is 3.86. The van der Waals surface area contributed by atoms with Crippen molar-refractivity contribution in [3.8, 4) is 5.75 Å². The van der Waals surface area contributed by atoms with Gasteiger partial charge in [-0.05, 0) is 49.2 Å². The second-order valence-electron chi connectivity index (χ2n) is 8.35. The molecule has 0 spiro atoms. The third-order valence-corrected chi connectivity index (χ3v) is 7.50. The van der Waals surface area contributed by atoms with Crippen molar-refractivity contribution < 1.29 is 9.53 Å². The Morgan fingerprint density at radius 3 is 2.61 bits per heavy atom. The van der Waals surface area contributed by atoms with Gasteiger partial charge in [0.1, 0.15) is 5.75 Å². The van der Waals surface area contributed by atoms with Crippen molar-refractivity contribution in [3.63, 3.8) is 0 Å². The number of carbonyl (C=O) groups excluding carboxylic acids is 1. The molecule has 0 bridgehead atoms. The summed E-state index contributed by atoms with van der Waals surface area (Å²) < 4.78 is 6.73. The van der Waals surface area contributed by atoms with Crippen LogP contribution in [0.5, 0.6) is 5.75 Å². The minimum absolute atomic E-state index is 0.0459. The number of nitrogens with zero attached hydrogens (tertiary/aromatic N) is 3. The first-order chi connectivity index (χ1) is 16.0. The molecule has 1 N–H and O–H groups in total. The highest BCUT2D eigenvalue weighted by atomic mass is 35.5. The van der Waals surface area contributed by atoms with Gasteiger partial charge in [-0.25, -0.2) is 4.98 Å². The molecular formula is C25H31ClN4O2S. The molecule has 2 aromatic carbocycles. The van der Waals surface area contributed by atoms with Gasteiger partial charge in [0.15, 0.2) is 5.13 Å². The van der Waals surface area contributed by atoms with Crippen LogP contribution in [0.3, 0.4) is 0 Å². The van der Waals surface area contributed by atoms with E-state index in [4.69, 9.17) is 21.3 Å². The third kappa shape index (κ3) is 5.96. The molecule has 2 heterocycles. The van der Waals surface area contributed by atoms with Crippen molar-refractivity contribution in [1.29, 1.82) is 0 Å². The van der Waals surface area contributed by atoms with Gasteiger partial charge in [0.2, 0.25) is 0 Å². The van der Waals surface area contributed by atoms with E-state index in [-0.39, 0.29) is 5.91 Å². The lowest BCUT2D eigenvalue weighted by Crippen LogP contribution is -2.48. The molecule has 6 nitrogen and oxygen atoms in total. The fourth-order valence-corrected chi connectivity index (χ4v) is 5.22. The molecular weight excluding hydrogens is 456 g/mol. The van der Waals surface area contributed by atoms with Crippen molar-refractivity contribution in [2.45, 2.75) is 26.7 Å². The van der Waals surface area contributed by atoms with Crippen LogP contribution in [-0.4, -0.2) is 61.7 Å². The number of ether oxygens (including phenoxy) is 1. The van der Waals surface area contributed by atoms with Crippen molar-refractivity contribution in [2.24, 2.45) is 0 Å². The Morgan fingerprint density at radius 1 is 1.15 bits per heavy atom. The van der Waals surface area contributed by atoms with Gasteiger partial charge in [-0.15, -0.1) is 0 Å². The van der Waals surface area contributed by atoms with Crippen molar-refractivity contribution >= 4 is 44.2 Å². The summed E-state index contributed by atoms with van der Waals surface area (Å²) in [5, 5.41) is 4.84. The Kier molecular flexibility index (Phi) is 8.06. The van der Waals surface area contributed by atoms with Crippen LogP contribution in [0, 0.1) is 6.92 Å². The Labute approximate surface area is 204 Å². The van der Waals surface area contributed by atoms with Crippen molar-refractivity contribution in [1.82, 2.24) is 15.2 Å². The Hall–Kier alpha value is -2.35. The minimum Gasteiger partial charge on any atom is -0.494 e. The van der Waals surface area contributed by atoms with Crippen LogP contribution in [0.15, 0.2) is 36.4 Å². The van der Waals surface area contributed by atoms with Crippen LogP contribution in [0.2, 0.25) is 5.02 Å². The van der Waals surface area contributed by atoms with E-state index in [9.17, 15) is 4.79 Å². The molecule has 0 atom stereocenters. The Morgan fingerprint density at radius 2 is 1.91 bits per heavy atom. The number of hydrogen-bond donors (Lipinski definition) is 1. The number of carbonyl (C=O) groups is 1. The molecule has 0 radical (unpaired) electrons. The lowest BCUT2D eigenvalue weighted by Gasteiger charge is -2.34. The van der Waals surface area contributed by atoms with Crippen molar-refractivity contribution in [3.05, 3.63) is 52.5 Å². The molecule has 8 heteroatoms. The normalized spacial score (nSPS) is 14.6. The fraction of sp³-hybridized carbons (Fsp3) is 0.440. The number of unbranched alkanes of at least 4 members (excludes halogenated alkanes) is 1. The highest BCUT2D eigenvalue weighted by Gasteiger charge is 2.21. The molecule has 1 saturated heterocycles. The van der Waals surface area contributed by atoms with Crippen molar-refractivity contribution in [2.75, 3.05) is 50.8 Å². The third-order valence-electron chi connectivity index (χ3n) is 5.93. The lowest BCUT2D eigenvalue weighted by atomic mass is 10.2. The molecule has 1 aliphatic heterocycles. The number of aromatic nitrogens is 1. The second-order valence-corrected chi connectivity index (χ2v) is 9.73. The van der Waals surface area contributed by atoms with Crippen LogP contribution < -0.4 is 15.0 Å². The van der Waals surface area contributed by atoms with E-state index in [0.29, 0.717) is 18.7 Å². The number of thiazole rings is 1. The van der Waals surface area contributed by atoms with Gasteiger partial charge in [-0.3, -0.25) is 9.69 Å². The van der Waals surface area contributed by atoms with E-state index in [2.05, 4.69) is 29.0 Å². The van der Waals surface area contributed by atoms with Gasteiger partial charge in [0.25, 0.3) is 5.91 Å². The Bertz CT molecular complexity index is 1040. The van der Waals surface area contributed by atoms with E-state index in [1.54, 1.807) is 11.3 Å². The summed E-state index contributed by atoms with van der Waals surface area (Å²) in [7, 11) is 0. The molecule has 1 amide bonds. The van der Waals surface area contributed by atoms with Crippen LogP contribution in [-0.2, 0) is 0 Å². The first-order valence-corrected chi connectivity index (χ1v) is 12.8. The van der Waals surface area contributed by atoms with Crippen LogP contribution in [0.4, 0.5) is 5.13 Å². The maximum atomic E-state index is 12.4. The number of rotatable bonds is 9. The molecule has 1 aromatic heterocycles. The summed E-state index contributed by atoms with van der Waals surface area (Å²) >= 11 is 8.04. The number of amides is 1. The van der Waals surface area contributed by atoms with Crippen LogP contribution in [0.1, 0.15) is 35.7 Å². The molecule has 1 aliphatic rings. The number of piperazine rings is 1. The SMILES string of the molecule is CCCCOc1ccc(C(=O)NCCN2CCN(c3nc4c(C)ccc(Cl)c4s3)CC2)cc1. The summed E-state index contributed by atoms with van der Waals surface area (Å²) in [4.78, 5) is 22.0. The molecule has 0 unspecified atom stereocenters. The molecule has 4 rings (SSSR count). The van der Waals surface area contributed by atoms with Crippen LogP contribution in [0.25, 0.3) is 10.2 Å². The zero-order valence-electron chi connectivity index (χ0n) is 19.3. The second kappa shape index (κ2) is 11.2. The summed E-state index contributed by atoms with van der Waals surface area (Å²) in [6.07, 6.45) is 2.14. The lowest BCUT2D eigenvalue weighted by molar-refractivity contribution is 0.0947.